The Kier molecular flexibility index (Phi) is 15.2. The van der Waals surface area contributed by atoms with E-state index in [1.165, 1.54) is 27.7 Å². The topological polar surface area (TPSA) is 124 Å². The summed E-state index contributed by atoms with van der Waals surface area (Å²) in [4.78, 5) is 52.4. The van der Waals surface area contributed by atoms with Gasteiger partial charge in [0.15, 0.2) is 24.4 Å². The Balaban J connectivity index is 1.48. The van der Waals surface area contributed by atoms with Crippen LogP contribution in [0.15, 0.2) is 182 Å². The van der Waals surface area contributed by atoms with Gasteiger partial charge in [-0.2, -0.15) is 0 Å². The van der Waals surface area contributed by atoms with Crippen molar-refractivity contribution in [2.45, 2.75) is 63.3 Å². The van der Waals surface area contributed by atoms with Crippen molar-refractivity contribution in [2.24, 2.45) is 0 Å². The summed E-state index contributed by atoms with van der Waals surface area (Å²) in [5.74, 6) is -3.06. The zero-order valence-electron chi connectivity index (χ0n) is 35.1. The molecule has 62 heavy (non-hydrogen) atoms. The Morgan fingerprint density at radius 2 is 0.532 bits per heavy atom. The van der Waals surface area contributed by atoms with E-state index < -0.39 is 72.7 Å². The first-order valence-corrected chi connectivity index (χ1v) is 20.3. The molecule has 0 spiro atoms. The van der Waals surface area contributed by atoms with Crippen molar-refractivity contribution < 1.29 is 47.6 Å². The maximum absolute atomic E-state index is 13.1. The van der Waals surface area contributed by atoms with Gasteiger partial charge >= 0.3 is 23.9 Å². The van der Waals surface area contributed by atoms with Crippen LogP contribution in [0.2, 0.25) is 0 Å². The molecule has 0 heterocycles. The fourth-order valence-electron chi connectivity index (χ4n) is 7.86. The second kappa shape index (κ2) is 21.1. The average molecular weight is 835 g/mol. The fraction of sp³-hybridized carbons (Fsp3) is 0.231. The number of benzene rings is 6. The zero-order chi connectivity index (χ0) is 44.0. The first kappa shape index (κ1) is 44.7. The van der Waals surface area contributed by atoms with Gasteiger partial charge in [-0.15, -0.1) is 0 Å². The Labute approximate surface area is 362 Å². The summed E-state index contributed by atoms with van der Waals surface area (Å²) in [7, 11) is 0. The number of rotatable bonds is 19. The number of hydrogen-bond acceptors (Lipinski definition) is 10. The van der Waals surface area contributed by atoms with Crippen molar-refractivity contribution in [3.8, 4) is 0 Å². The van der Waals surface area contributed by atoms with Gasteiger partial charge in [0.1, 0.15) is 11.2 Å². The molecule has 0 saturated heterocycles. The molecule has 6 aromatic carbocycles. The molecule has 0 aromatic heterocycles. The lowest BCUT2D eigenvalue weighted by Crippen LogP contribution is -2.55. The van der Waals surface area contributed by atoms with E-state index in [0.717, 1.165) is 33.4 Å². The molecule has 10 heteroatoms. The van der Waals surface area contributed by atoms with Crippen molar-refractivity contribution in [3.63, 3.8) is 0 Å². The Hall–Kier alpha value is -6.88. The second-order valence-corrected chi connectivity index (χ2v) is 14.6. The van der Waals surface area contributed by atoms with Crippen LogP contribution in [0.1, 0.15) is 61.1 Å². The Morgan fingerprint density at radius 1 is 0.339 bits per heavy atom. The van der Waals surface area contributed by atoms with Crippen molar-refractivity contribution in [3.05, 3.63) is 215 Å². The van der Waals surface area contributed by atoms with Crippen LogP contribution in [0.5, 0.6) is 0 Å². The molecular weight excluding hydrogens is 785 g/mol. The fourth-order valence-corrected chi connectivity index (χ4v) is 7.86. The summed E-state index contributed by atoms with van der Waals surface area (Å²) >= 11 is 0. The monoisotopic (exact) mass is 834 g/mol. The number of carbonyl (C=O) groups excluding carboxylic acids is 4. The van der Waals surface area contributed by atoms with E-state index in [2.05, 4.69) is 0 Å². The number of hydrogen-bond donors (Lipinski definition) is 0. The van der Waals surface area contributed by atoms with E-state index in [9.17, 15) is 19.2 Å². The third-order valence-corrected chi connectivity index (χ3v) is 10.3. The van der Waals surface area contributed by atoms with Gasteiger partial charge in [-0.05, 0) is 33.4 Å². The second-order valence-electron chi connectivity index (χ2n) is 14.6. The molecule has 0 N–H and O–H groups in total. The normalized spacial score (nSPS) is 13.4. The van der Waals surface area contributed by atoms with Crippen molar-refractivity contribution in [1.29, 1.82) is 0 Å². The molecule has 0 fully saturated rings. The molecule has 4 atom stereocenters. The summed E-state index contributed by atoms with van der Waals surface area (Å²) in [6.07, 6.45) is -6.05. The van der Waals surface area contributed by atoms with E-state index in [0.29, 0.717) is 0 Å². The van der Waals surface area contributed by atoms with Crippen molar-refractivity contribution >= 4 is 23.9 Å². The molecule has 318 valence electrons. The minimum Gasteiger partial charge on any atom is -0.456 e. The molecule has 0 bridgehead atoms. The highest BCUT2D eigenvalue weighted by atomic mass is 16.6. The molecule has 0 amide bonds. The predicted octanol–water partition coefficient (Wildman–Crippen LogP) is 8.73. The standard InChI is InChI=1S/C52H50O10/c1-37(53)59-47(35-57-51(41-23-11-5-12-24-41,42-25-13-6-14-26-42)43-27-15-7-16-28-43)49(61-39(3)55)50(62-40(4)56)48(60-38(2)54)36-58-52(44-29-17-8-18-30-44,45-31-19-9-20-32-45)46-33-21-10-22-34-46/h5-34,47-50H,35-36H2,1-4H3/t47-,48-,49-,50-/m1/s1. The van der Waals surface area contributed by atoms with Gasteiger partial charge in [0.05, 0.1) is 13.2 Å². The van der Waals surface area contributed by atoms with Crippen molar-refractivity contribution in [2.75, 3.05) is 13.2 Å². The smallest absolute Gasteiger partial charge is 0.303 e. The summed E-state index contributed by atoms with van der Waals surface area (Å²) in [6.45, 7) is 3.96. The van der Waals surface area contributed by atoms with Gasteiger partial charge in [0, 0.05) is 27.7 Å². The maximum Gasteiger partial charge on any atom is 0.303 e. The Morgan fingerprint density at radius 3 is 0.710 bits per heavy atom. The van der Waals surface area contributed by atoms with Crippen LogP contribution in [-0.4, -0.2) is 61.5 Å². The van der Waals surface area contributed by atoms with Gasteiger partial charge in [-0.25, -0.2) is 0 Å². The zero-order valence-corrected chi connectivity index (χ0v) is 35.1. The van der Waals surface area contributed by atoms with E-state index in [4.69, 9.17) is 28.4 Å². The van der Waals surface area contributed by atoms with Gasteiger partial charge in [-0.3, -0.25) is 19.2 Å². The minimum absolute atomic E-state index is 0.399. The molecule has 0 aliphatic heterocycles. The molecule has 0 radical (unpaired) electrons. The van der Waals surface area contributed by atoms with E-state index in [1.54, 1.807) is 0 Å². The van der Waals surface area contributed by atoms with E-state index in [-0.39, 0.29) is 0 Å². The van der Waals surface area contributed by atoms with Gasteiger partial charge < -0.3 is 28.4 Å². The van der Waals surface area contributed by atoms with Crippen LogP contribution in [0.4, 0.5) is 0 Å². The lowest BCUT2D eigenvalue weighted by atomic mass is 9.80. The van der Waals surface area contributed by atoms with Crippen LogP contribution in [0.3, 0.4) is 0 Å². The highest BCUT2D eigenvalue weighted by Gasteiger charge is 2.48. The van der Waals surface area contributed by atoms with Gasteiger partial charge in [-0.1, -0.05) is 182 Å². The van der Waals surface area contributed by atoms with Crippen LogP contribution >= 0.6 is 0 Å². The third kappa shape index (κ3) is 10.5. The highest BCUT2D eigenvalue weighted by Crippen LogP contribution is 2.43. The molecule has 0 unspecified atom stereocenters. The average Bonchev–Trinajstić information content (AvgIpc) is 3.29. The quantitative estimate of drug-likeness (QED) is 0.0445. The molecule has 6 rings (SSSR count). The minimum atomic E-state index is -1.59. The van der Waals surface area contributed by atoms with Gasteiger partial charge in [0.25, 0.3) is 0 Å². The molecule has 10 nitrogen and oxygen atoms in total. The summed E-state index contributed by atoms with van der Waals surface area (Å²) < 4.78 is 38.1. The van der Waals surface area contributed by atoms with E-state index in [1.807, 2.05) is 182 Å². The summed E-state index contributed by atoms with van der Waals surface area (Å²) in [6, 6.07) is 57.2. The molecule has 0 aliphatic carbocycles. The largest absolute Gasteiger partial charge is 0.456 e. The number of ether oxygens (including phenoxy) is 6. The summed E-state index contributed by atoms with van der Waals surface area (Å²) in [5.41, 5.74) is 1.94. The summed E-state index contributed by atoms with van der Waals surface area (Å²) in [5, 5.41) is 0. The van der Waals surface area contributed by atoms with Crippen LogP contribution in [0, 0.1) is 0 Å². The van der Waals surface area contributed by atoms with Crippen LogP contribution in [0.25, 0.3) is 0 Å². The number of carbonyl (C=O) groups is 4. The van der Waals surface area contributed by atoms with Crippen LogP contribution in [-0.2, 0) is 58.8 Å². The SMILES string of the molecule is CC(=O)O[C@@H]([C@H](OC(C)=O)[C@@H](COC(c1ccccc1)(c1ccccc1)c1ccccc1)OC(C)=O)[C@@H](COC(c1ccccc1)(c1ccccc1)c1ccccc1)OC(C)=O. The first-order chi connectivity index (χ1) is 30.0. The first-order valence-electron chi connectivity index (χ1n) is 20.3. The highest BCUT2D eigenvalue weighted by molar-refractivity contribution is 5.69. The Bertz CT molecular complexity index is 1980. The molecule has 6 aromatic rings. The molecule has 0 saturated carbocycles. The molecule has 0 aliphatic rings. The lowest BCUT2D eigenvalue weighted by molar-refractivity contribution is -0.210. The lowest BCUT2D eigenvalue weighted by Gasteiger charge is -2.41. The van der Waals surface area contributed by atoms with E-state index >= 15 is 0 Å². The molecular formula is C52H50O10. The third-order valence-electron chi connectivity index (χ3n) is 10.3. The maximum atomic E-state index is 13.1. The van der Waals surface area contributed by atoms with Crippen molar-refractivity contribution in [1.82, 2.24) is 0 Å². The number of esters is 4. The predicted molar refractivity (Wildman–Crippen MR) is 233 cm³/mol. The van der Waals surface area contributed by atoms with Crippen LogP contribution < -0.4 is 0 Å². The van der Waals surface area contributed by atoms with Gasteiger partial charge in [0.2, 0.25) is 0 Å².